The van der Waals surface area contributed by atoms with Gasteiger partial charge in [-0.15, -0.1) is 0 Å². The first-order chi connectivity index (χ1) is 12.2. The minimum atomic E-state index is -0.447. The normalized spacial score (nSPS) is 10.7. The number of nitro groups is 1. The van der Waals surface area contributed by atoms with Crippen LogP contribution in [0.3, 0.4) is 0 Å². The van der Waals surface area contributed by atoms with Gasteiger partial charge in [0.25, 0.3) is 5.69 Å². The van der Waals surface area contributed by atoms with Crippen LogP contribution in [0.1, 0.15) is 0 Å². The summed E-state index contributed by atoms with van der Waals surface area (Å²) in [5.74, 6) is 1.62. The molecule has 0 fully saturated rings. The quantitative estimate of drug-likeness (QED) is 0.379. The second kappa shape index (κ2) is 6.09. The summed E-state index contributed by atoms with van der Waals surface area (Å²) in [4.78, 5) is 14.7. The minimum Gasteiger partial charge on any atom is -0.457 e. The molecule has 6 heteroatoms. The van der Waals surface area contributed by atoms with Crippen LogP contribution in [0.15, 0.2) is 77.2 Å². The molecule has 1 heterocycles. The van der Waals surface area contributed by atoms with Gasteiger partial charge >= 0.3 is 0 Å². The SMILES string of the molecule is O=[N+]([O-])c1ccc(Oc2cccc(-c3nc4ccccc4o3)c2)cc1. The third-order valence-electron chi connectivity index (χ3n) is 3.66. The minimum absolute atomic E-state index is 0.0209. The van der Waals surface area contributed by atoms with Crippen molar-refractivity contribution in [3.05, 3.63) is 82.9 Å². The second-order valence-electron chi connectivity index (χ2n) is 5.37. The van der Waals surface area contributed by atoms with Crippen molar-refractivity contribution >= 4 is 16.8 Å². The van der Waals surface area contributed by atoms with E-state index in [0.29, 0.717) is 17.4 Å². The Hall–Kier alpha value is -3.67. The van der Waals surface area contributed by atoms with Crippen molar-refractivity contribution in [2.45, 2.75) is 0 Å². The highest BCUT2D eigenvalue weighted by Gasteiger charge is 2.10. The summed E-state index contributed by atoms with van der Waals surface area (Å²) in [6.45, 7) is 0. The van der Waals surface area contributed by atoms with E-state index >= 15 is 0 Å². The van der Waals surface area contributed by atoms with Crippen LogP contribution in [0, 0.1) is 10.1 Å². The van der Waals surface area contributed by atoms with Gasteiger partial charge in [0.05, 0.1) is 4.92 Å². The number of hydrogen-bond acceptors (Lipinski definition) is 5. The van der Waals surface area contributed by atoms with Gasteiger partial charge in [-0.1, -0.05) is 18.2 Å². The zero-order valence-corrected chi connectivity index (χ0v) is 13.0. The summed E-state index contributed by atoms with van der Waals surface area (Å²) in [5, 5.41) is 10.7. The number of nitrogens with zero attached hydrogens (tertiary/aromatic N) is 2. The van der Waals surface area contributed by atoms with E-state index < -0.39 is 4.92 Å². The third kappa shape index (κ3) is 3.05. The molecule has 0 aliphatic heterocycles. The van der Waals surface area contributed by atoms with Crippen LogP contribution in [0.25, 0.3) is 22.6 Å². The standard InChI is InChI=1S/C19H12N2O4/c22-21(23)14-8-10-15(11-9-14)24-16-5-3-4-13(12-16)19-20-17-6-1-2-7-18(17)25-19/h1-12H. The van der Waals surface area contributed by atoms with Gasteiger partial charge in [0.15, 0.2) is 5.58 Å². The molecule has 0 amide bonds. The highest BCUT2D eigenvalue weighted by Crippen LogP contribution is 2.29. The van der Waals surface area contributed by atoms with E-state index in [1.165, 1.54) is 12.1 Å². The first kappa shape index (κ1) is 14.9. The second-order valence-corrected chi connectivity index (χ2v) is 5.37. The number of rotatable bonds is 4. The highest BCUT2D eigenvalue weighted by atomic mass is 16.6. The van der Waals surface area contributed by atoms with Crippen LogP contribution in [0.4, 0.5) is 5.69 Å². The van der Waals surface area contributed by atoms with Gasteiger partial charge in [-0.25, -0.2) is 4.98 Å². The van der Waals surface area contributed by atoms with Crippen LogP contribution < -0.4 is 4.74 Å². The van der Waals surface area contributed by atoms with E-state index in [9.17, 15) is 10.1 Å². The van der Waals surface area contributed by atoms with Gasteiger partial charge in [-0.05, 0) is 42.5 Å². The van der Waals surface area contributed by atoms with Gasteiger partial charge in [-0.2, -0.15) is 0 Å². The number of fused-ring (bicyclic) bond motifs is 1. The average molecular weight is 332 g/mol. The summed E-state index contributed by atoms with van der Waals surface area (Å²) < 4.78 is 11.5. The Morgan fingerprint density at radius 2 is 1.72 bits per heavy atom. The fraction of sp³-hybridized carbons (Fsp3) is 0. The Labute approximate surface area is 142 Å². The fourth-order valence-corrected chi connectivity index (χ4v) is 2.46. The highest BCUT2D eigenvalue weighted by molar-refractivity contribution is 5.76. The van der Waals surface area contributed by atoms with Gasteiger partial charge in [0.1, 0.15) is 17.0 Å². The van der Waals surface area contributed by atoms with Crippen LogP contribution in [0.5, 0.6) is 11.5 Å². The predicted octanol–water partition coefficient (Wildman–Crippen LogP) is 5.20. The molecule has 0 saturated heterocycles. The molecule has 6 nitrogen and oxygen atoms in total. The van der Waals surface area contributed by atoms with Crippen molar-refractivity contribution < 1.29 is 14.1 Å². The van der Waals surface area contributed by atoms with E-state index in [1.807, 2.05) is 42.5 Å². The number of nitro benzene ring substituents is 1. The number of benzene rings is 3. The number of oxazole rings is 1. The Bertz CT molecular complexity index is 1020. The molecular weight excluding hydrogens is 320 g/mol. The van der Waals surface area contributed by atoms with E-state index in [1.54, 1.807) is 18.2 Å². The maximum Gasteiger partial charge on any atom is 0.269 e. The lowest BCUT2D eigenvalue weighted by Gasteiger charge is -2.06. The summed E-state index contributed by atoms with van der Waals surface area (Å²) in [7, 11) is 0. The lowest BCUT2D eigenvalue weighted by atomic mass is 10.2. The molecule has 0 aliphatic carbocycles. The first-order valence-electron chi connectivity index (χ1n) is 7.57. The van der Waals surface area contributed by atoms with Crippen molar-refractivity contribution in [1.82, 2.24) is 4.98 Å². The van der Waals surface area contributed by atoms with Crippen molar-refractivity contribution in [3.63, 3.8) is 0 Å². The van der Waals surface area contributed by atoms with Gasteiger partial charge in [0, 0.05) is 17.7 Å². The molecule has 0 atom stereocenters. The maximum atomic E-state index is 10.7. The van der Waals surface area contributed by atoms with Crippen LogP contribution in [-0.4, -0.2) is 9.91 Å². The molecule has 0 radical (unpaired) electrons. The summed E-state index contributed by atoms with van der Waals surface area (Å²) >= 11 is 0. The lowest BCUT2D eigenvalue weighted by Crippen LogP contribution is -1.88. The van der Waals surface area contributed by atoms with Gasteiger partial charge in [-0.3, -0.25) is 10.1 Å². The van der Waals surface area contributed by atoms with Crippen LogP contribution in [-0.2, 0) is 0 Å². The fourth-order valence-electron chi connectivity index (χ4n) is 2.46. The summed E-state index contributed by atoms with van der Waals surface area (Å²) in [6.07, 6.45) is 0. The third-order valence-corrected chi connectivity index (χ3v) is 3.66. The summed E-state index contributed by atoms with van der Waals surface area (Å²) in [6, 6.07) is 20.8. The largest absolute Gasteiger partial charge is 0.457 e. The monoisotopic (exact) mass is 332 g/mol. The molecule has 4 rings (SSSR count). The predicted molar refractivity (Wildman–Crippen MR) is 92.6 cm³/mol. The lowest BCUT2D eigenvalue weighted by molar-refractivity contribution is -0.384. The number of non-ortho nitro benzene ring substituents is 1. The van der Waals surface area contributed by atoms with Crippen molar-refractivity contribution in [3.8, 4) is 23.0 Å². The maximum absolute atomic E-state index is 10.7. The Morgan fingerprint density at radius 3 is 2.48 bits per heavy atom. The molecule has 122 valence electrons. The molecule has 0 saturated carbocycles. The topological polar surface area (TPSA) is 78.4 Å². The molecule has 25 heavy (non-hydrogen) atoms. The zero-order chi connectivity index (χ0) is 17.2. The molecule has 0 aliphatic rings. The molecule has 0 N–H and O–H groups in total. The first-order valence-corrected chi connectivity index (χ1v) is 7.57. The van der Waals surface area contributed by atoms with E-state index in [0.717, 1.165) is 16.7 Å². The molecule has 1 aromatic heterocycles. The van der Waals surface area contributed by atoms with Crippen LogP contribution in [0.2, 0.25) is 0 Å². The Balaban J connectivity index is 1.61. The molecule has 0 spiro atoms. The van der Waals surface area contributed by atoms with E-state index in [-0.39, 0.29) is 5.69 Å². The summed E-state index contributed by atoms with van der Waals surface area (Å²) in [5.41, 5.74) is 2.32. The average Bonchev–Trinajstić information content (AvgIpc) is 3.07. The van der Waals surface area contributed by atoms with Crippen LogP contribution >= 0.6 is 0 Å². The van der Waals surface area contributed by atoms with Crippen molar-refractivity contribution in [1.29, 1.82) is 0 Å². The van der Waals surface area contributed by atoms with Gasteiger partial charge in [0.2, 0.25) is 5.89 Å². The van der Waals surface area contributed by atoms with Gasteiger partial charge < -0.3 is 9.15 Å². The number of para-hydroxylation sites is 2. The van der Waals surface area contributed by atoms with Crippen molar-refractivity contribution in [2.24, 2.45) is 0 Å². The Kier molecular flexibility index (Phi) is 3.63. The zero-order valence-electron chi connectivity index (χ0n) is 13.0. The molecular formula is C19H12N2O4. The van der Waals surface area contributed by atoms with Crippen molar-refractivity contribution in [2.75, 3.05) is 0 Å². The molecule has 0 bridgehead atoms. The van der Waals surface area contributed by atoms with E-state index in [4.69, 9.17) is 9.15 Å². The number of ether oxygens (including phenoxy) is 1. The number of aromatic nitrogens is 1. The Morgan fingerprint density at radius 1 is 0.920 bits per heavy atom. The molecule has 3 aromatic carbocycles. The molecule has 0 unspecified atom stereocenters. The molecule has 4 aromatic rings. The van der Waals surface area contributed by atoms with E-state index in [2.05, 4.69) is 4.98 Å². The number of hydrogen-bond donors (Lipinski definition) is 0. The smallest absolute Gasteiger partial charge is 0.269 e.